The summed E-state index contributed by atoms with van der Waals surface area (Å²) in [6.07, 6.45) is 7.31. The SMILES string of the molecule is C=c1cccc(OC#N)/c1=C/C=C\C. The maximum absolute atomic E-state index is 8.44. The fourth-order valence-corrected chi connectivity index (χ4v) is 1.11. The van der Waals surface area contributed by atoms with Crippen molar-refractivity contribution in [3.8, 4) is 12.0 Å². The molecule has 0 aliphatic rings. The Balaban J connectivity index is 3.38. The van der Waals surface area contributed by atoms with Crippen molar-refractivity contribution in [1.82, 2.24) is 0 Å². The Morgan fingerprint density at radius 2 is 2.29 bits per heavy atom. The molecular weight excluding hydrogens is 174 g/mol. The molecule has 2 nitrogen and oxygen atoms in total. The van der Waals surface area contributed by atoms with Crippen LogP contribution >= 0.6 is 0 Å². The Morgan fingerprint density at radius 3 is 2.93 bits per heavy atom. The van der Waals surface area contributed by atoms with Gasteiger partial charge in [0.15, 0.2) is 0 Å². The third-order valence-corrected chi connectivity index (χ3v) is 1.77. The molecule has 0 radical (unpaired) electrons. The number of allylic oxidation sites excluding steroid dienone is 2. The van der Waals surface area contributed by atoms with E-state index in [-0.39, 0.29) is 0 Å². The molecule has 0 saturated heterocycles. The lowest BCUT2D eigenvalue weighted by Gasteiger charge is -1.96. The predicted molar refractivity (Wildman–Crippen MR) is 56.7 cm³/mol. The van der Waals surface area contributed by atoms with Crippen LogP contribution in [0.25, 0.3) is 12.7 Å². The van der Waals surface area contributed by atoms with Gasteiger partial charge in [0, 0.05) is 5.22 Å². The molecule has 0 heterocycles. The molecule has 0 N–H and O–H groups in total. The maximum atomic E-state index is 8.44. The van der Waals surface area contributed by atoms with Crippen molar-refractivity contribution in [2.24, 2.45) is 0 Å². The zero-order valence-corrected chi connectivity index (χ0v) is 8.03. The number of benzene rings is 1. The Hall–Kier alpha value is -2.01. The van der Waals surface area contributed by atoms with Crippen LogP contribution in [-0.2, 0) is 0 Å². The molecule has 0 saturated carbocycles. The topological polar surface area (TPSA) is 33.0 Å². The van der Waals surface area contributed by atoms with Gasteiger partial charge in [0.1, 0.15) is 5.75 Å². The van der Waals surface area contributed by atoms with Crippen molar-refractivity contribution in [1.29, 1.82) is 5.26 Å². The fourth-order valence-electron chi connectivity index (χ4n) is 1.11. The zero-order chi connectivity index (χ0) is 10.4. The molecule has 0 aromatic heterocycles. The van der Waals surface area contributed by atoms with E-state index >= 15 is 0 Å². The lowest BCUT2D eigenvalue weighted by atomic mass is 10.2. The maximum Gasteiger partial charge on any atom is 0.292 e. The van der Waals surface area contributed by atoms with E-state index in [9.17, 15) is 0 Å². The first-order valence-electron chi connectivity index (χ1n) is 4.26. The lowest BCUT2D eigenvalue weighted by molar-refractivity contribution is 0.502. The Bertz CT molecular complexity index is 480. The van der Waals surface area contributed by atoms with Gasteiger partial charge in [-0.05, 0) is 18.2 Å². The molecule has 0 atom stereocenters. The van der Waals surface area contributed by atoms with Crippen LogP contribution in [0.15, 0.2) is 30.4 Å². The molecule has 1 aromatic carbocycles. The monoisotopic (exact) mass is 185 g/mol. The zero-order valence-electron chi connectivity index (χ0n) is 8.03. The number of nitrogens with zero attached hydrogens (tertiary/aromatic N) is 1. The number of hydrogen-bond donors (Lipinski definition) is 0. The van der Waals surface area contributed by atoms with Crippen LogP contribution in [0.5, 0.6) is 5.75 Å². The first-order chi connectivity index (χ1) is 6.79. The van der Waals surface area contributed by atoms with Crippen LogP contribution in [0, 0.1) is 11.5 Å². The molecule has 0 amide bonds. The van der Waals surface area contributed by atoms with E-state index in [1.807, 2.05) is 37.3 Å². The van der Waals surface area contributed by atoms with Crippen molar-refractivity contribution in [2.45, 2.75) is 6.92 Å². The average molecular weight is 185 g/mol. The van der Waals surface area contributed by atoms with Gasteiger partial charge >= 0.3 is 0 Å². The molecule has 70 valence electrons. The summed E-state index contributed by atoms with van der Waals surface area (Å²) in [5.41, 5.74) is 0. The van der Waals surface area contributed by atoms with E-state index in [0.29, 0.717) is 5.75 Å². The molecule has 0 spiro atoms. The summed E-state index contributed by atoms with van der Waals surface area (Å²) in [6.45, 7) is 5.79. The number of nitriles is 1. The van der Waals surface area contributed by atoms with Crippen LogP contribution in [0.3, 0.4) is 0 Å². The minimum Gasteiger partial charge on any atom is -0.387 e. The second-order valence-electron chi connectivity index (χ2n) is 2.71. The van der Waals surface area contributed by atoms with Gasteiger partial charge in [-0.25, -0.2) is 0 Å². The van der Waals surface area contributed by atoms with Crippen molar-refractivity contribution >= 4 is 12.7 Å². The van der Waals surface area contributed by atoms with Crippen molar-refractivity contribution in [2.75, 3.05) is 0 Å². The van der Waals surface area contributed by atoms with Gasteiger partial charge in [-0.3, -0.25) is 0 Å². The summed E-state index contributed by atoms with van der Waals surface area (Å²) in [5, 5.41) is 10.1. The van der Waals surface area contributed by atoms with Gasteiger partial charge in [0.05, 0.1) is 0 Å². The van der Waals surface area contributed by atoms with Gasteiger partial charge < -0.3 is 4.74 Å². The summed E-state index contributed by atoms with van der Waals surface area (Å²) in [7, 11) is 0. The highest BCUT2D eigenvalue weighted by Crippen LogP contribution is 1.98. The molecular formula is C12H11NO. The van der Waals surface area contributed by atoms with Crippen molar-refractivity contribution in [3.05, 3.63) is 40.8 Å². The van der Waals surface area contributed by atoms with Gasteiger partial charge in [0.2, 0.25) is 0 Å². The number of hydrogen-bond acceptors (Lipinski definition) is 2. The summed E-state index contributed by atoms with van der Waals surface area (Å²) >= 11 is 0. The standard InChI is InChI=1S/C12H11NO/c1-3-4-7-11-10(2)6-5-8-12(11)14-9-13/h3-8H,2H2,1H3/b4-3-,11-7+. The summed E-state index contributed by atoms with van der Waals surface area (Å²) in [5.74, 6) is 0.540. The van der Waals surface area contributed by atoms with Crippen LogP contribution in [-0.4, -0.2) is 0 Å². The fraction of sp³-hybridized carbons (Fsp3) is 0.0833. The van der Waals surface area contributed by atoms with Gasteiger partial charge in [-0.2, -0.15) is 0 Å². The molecule has 0 bridgehead atoms. The largest absolute Gasteiger partial charge is 0.387 e. The smallest absolute Gasteiger partial charge is 0.292 e. The molecule has 0 fully saturated rings. The van der Waals surface area contributed by atoms with E-state index in [4.69, 9.17) is 10.00 Å². The molecule has 2 heteroatoms. The van der Waals surface area contributed by atoms with Crippen LogP contribution in [0.1, 0.15) is 6.92 Å². The molecule has 1 rings (SSSR count). The quantitative estimate of drug-likeness (QED) is 0.651. The van der Waals surface area contributed by atoms with E-state index in [2.05, 4.69) is 6.58 Å². The summed E-state index contributed by atoms with van der Waals surface area (Å²) in [6, 6.07) is 5.43. The normalized spacial score (nSPS) is 11.6. The number of rotatable bonds is 2. The molecule has 14 heavy (non-hydrogen) atoms. The molecule has 0 unspecified atom stereocenters. The highest BCUT2D eigenvalue weighted by atomic mass is 16.5. The van der Waals surface area contributed by atoms with E-state index in [1.165, 1.54) is 0 Å². The minimum atomic E-state index is 0.540. The van der Waals surface area contributed by atoms with E-state index < -0.39 is 0 Å². The number of ether oxygens (including phenoxy) is 1. The van der Waals surface area contributed by atoms with Gasteiger partial charge in [-0.15, -0.1) is 5.26 Å². The highest BCUT2D eigenvalue weighted by Gasteiger charge is 1.94. The van der Waals surface area contributed by atoms with Crippen LogP contribution < -0.4 is 15.2 Å². The molecule has 0 aliphatic carbocycles. The Kier molecular flexibility index (Phi) is 3.51. The first kappa shape index (κ1) is 10.1. The third kappa shape index (κ3) is 2.24. The van der Waals surface area contributed by atoms with Crippen LogP contribution in [0.2, 0.25) is 0 Å². The predicted octanol–water partition coefficient (Wildman–Crippen LogP) is 1.31. The summed E-state index contributed by atoms with van der Waals surface area (Å²) < 4.78 is 4.82. The van der Waals surface area contributed by atoms with Gasteiger partial charge in [0.25, 0.3) is 6.26 Å². The Morgan fingerprint density at radius 1 is 1.50 bits per heavy atom. The second-order valence-corrected chi connectivity index (χ2v) is 2.71. The summed E-state index contributed by atoms with van der Waals surface area (Å²) in [4.78, 5) is 0. The van der Waals surface area contributed by atoms with E-state index in [0.717, 1.165) is 10.4 Å². The highest BCUT2D eigenvalue weighted by molar-refractivity contribution is 5.43. The van der Waals surface area contributed by atoms with E-state index in [1.54, 1.807) is 12.3 Å². The lowest BCUT2D eigenvalue weighted by Crippen LogP contribution is -2.23. The first-order valence-corrected chi connectivity index (χ1v) is 4.26. The van der Waals surface area contributed by atoms with Gasteiger partial charge in [-0.1, -0.05) is 36.9 Å². The van der Waals surface area contributed by atoms with Crippen molar-refractivity contribution < 1.29 is 4.74 Å². The third-order valence-electron chi connectivity index (χ3n) is 1.77. The average Bonchev–Trinajstić information content (AvgIpc) is 2.18. The Labute approximate surface area is 83.1 Å². The molecule has 1 aromatic rings. The van der Waals surface area contributed by atoms with Crippen molar-refractivity contribution in [3.63, 3.8) is 0 Å². The second kappa shape index (κ2) is 4.88. The molecule has 0 aliphatic heterocycles. The minimum absolute atomic E-state index is 0.540. The van der Waals surface area contributed by atoms with Crippen LogP contribution in [0.4, 0.5) is 0 Å².